The molecule has 0 aromatic heterocycles. The number of ether oxygens (including phenoxy) is 1. The molecule has 2 nitrogen and oxygen atoms in total. The summed E-state index contributed by atoms with van der Waals surface area (Å²) in [7, 11) is 0. The summed E-state index contributed by atoms with van der Waals surface area (Å²) < 4.78 is 18.7. The van der Waals surface area contributed by atoms with Crippen molar-refractivity contribution in [2.75, 3.05) is 13.2 Å². The van der Waals surface area contributed by atoms with Crippen molar-refractivity contribution in [2.24, 2.45) is 0 Å². The first-order valence-electron chi connectivity index (χ1n) is 6.48. The largest absolute Gasteiger partial charge is 0.493 e. The Kier molecular flexibility index (Phi) is 3.02. The van der Waals surface area contributed by atoms with Crippen LogP contribution in [0.5, 0.6) is 5.75 Å². The minimum Gasteiger partial charge on any atom is -0.493 e. The van der Waals surface area contributed by atoms with E-state index in [4.69, 9.17) is 4.74 Å². The molecule has 0 spiro atoms. The Morgan fingerprint density at radius 3 is 3.12 bits per heavy atom. The summed E-state index contributed by atoms with van der Waals surface area (Å²) in [5.41, 5.74) is 1.19. The molecule has 3 heteroatoms. The Morgan fingerprint density at radius 2 is 2.29 bits per heavy atom. The molecule has 0 bridgehead atoms. The molecule has 0 aliphatic carbocycles. The van der Waals surface area contributed by atoms with Gasteiger partial charge in [-0.15, -0.1) is 0 Å². The minimum atomic E-state index is -0.205. The van der Waals surface area contributed by atoms with Gasteiger partial charge in [0.2, 0.25) is 0 Å². The van der Waals surface area contributed by atoms with Gasteiger partial charge in [0.05, 0.1) is 6.61 Å². The average Bonchev–Trinajstić information content (AvgIpc) is 2.82. The van der Waals surface area contributed by atoms with Crippen molar-refractivity contribution < 1.29 is 9.13 Å². The lowest BCUT2D eigenvalue weighted by Crippen LogP contribution is -2.26. The zero-order chi connectivity index (χ0) is 11.7. The SMILES string of the molecule is Fc1ccc2c(c1)OCCC2CC1CCCN1. The fourth-order valence-corrected chi connectivity index (χ4v) is 2.98. The van der Waals surface area contributed by atoms with Crippen LogP contribution in [0.15, 0.2) is 18.2 Å². The highest BCUT2D eigenvalue weighted by Crippen LogP contribution is 2.37. The van der Waals surface area contributed by atoms with Crippen molar-refractivity contribution in [1.82, 2.24) is 5.32 Å². The lowest BCUT2D eigenvalue weighted by molar-refractivity contribution is 0.255. The number of halogens is 1. The summed E-state index contributed by atoms with van der Waals surface area (Å²) in [4.78, 5) is 0. The van der Waals surface area contributed by atoms with Gasteiger partial charge in [-0.05, 0) is 49.8 Å². The molecule has 2 atom stereocenters. The van der Waals surface area contributed by atoms with Gasteiger partial charge in [-0.1, -0.05) is 6.07 Å². The van der Waals surface area contributed by atoms with E-state index in [1.165, 1.54) is 24.5 Å². The Bertz CT molecular complexity index is 401. The first-order chi connectivity index (χ1) is 8.33. The van der Waals surface area contributed by atoms with E-state index in [0.717, 1.165) is 25.1 Å². The monoisotopic (exact) mass is 235 g/mol. The molecule has 1 fully saturated rings. The van der Waals surface area contributed by atoms with Gasteiger partial charge in [0, 0.05) is 12.1 Å². The standard InChI is InChI=1S/C14H18FNO/c15-11-3-4-13-10(5-7-17-14(13)9-11)8-12-2-1-6-16-12/h3-4,9-10,12,16H,1-2,5-8H2. The summed E-state index contributed by atoms with van der Waals surface area (Å²) in [6, 6.07) is 5.59. The fraction of sp³-hybridized carbons (Fsp3) is 0.571. The van der Waals surface area contributed by atoms with Crippen molar-refractivity contribution in [3.8, 4) is 5.75 Å². The van der Waals surface area contributed by atoms with E-state index in [-0.39, 0.29) is 5.82 Å². The second-order valence-corrected chi connectivity index (χ2v) is 5.05. The molecule has 17 heavy (non-hydrogen) atoms. The molecule has 1 N–H and O–H groups in total. The summed E-state index contributed by atoms with van der Waals surface area (Å²) in [5, 5.41) is 3.53. The summed E-state index contributed by atoms with van der Waals surface area (Å²) in [6.45, 7) is 1.86. The summed E-state index contributed by atoms with van der Waals surface area (Å²) >= 11 is 0. The first-order valence-corrected chi connectivity index (χ1v) is 6.48. The molecule has 0 radical (unpaired) electrons. The number of rotatable bonds is 2. The number of nitrogens with one attached hydrogen (secondary N) is 1. The lowest BCUT2D eigenvalue weighted by atomic mass is 9.87. The van der Waals surface area contributed by atoms with Crippen LogP contribution in [0.3, 0.4) is 0 Å². The third kappa shape index (κ3) is 2.29. The highest BCUT2D eigenvalue weighted by atomic mass is 19.1. The van der Waals surface area contributed by atoms with Crippen LogP contribution in [0.1, 0.15) is 37.2 Å². The predicted octanol–water partition coefficient (Wildman–Crippen LogP) is 2.83. The van der Waals surface area contributed by atoms with E-state index in [0.29, 0.717) is 18.6 Å². The van der Waals surface area contributed by atoms with Crippen molar-refractivity contribution >= 4 is 0 Å². The van der Waals surface area contributed by atoms with Crippen LogP contribution in [0.4, 0.5) is 4.39 Å². The van der Waals surface area contributed by atoms with Gasteiger partial charge in [0.1, 0.15) is 11.6 Å². The van der Waals surface area contributed by atoms with Crippen LogP contribution < -0.4 is 10.1 Å². The van der Waals surface area contributed by atoms with Crippen molar-refractivity contribution in [3.05, 3.63) is 29.6 Å². The normalized spacial score (nSPS) is 27.6. The second-order valence-electron chi connectivity index (χ2n) is 5.05. The molecule has 1 saturated heterocycles. The van der Waals surface area contributed by atoms with E-state index in [9.17, 15) is 4.39 Å². The van der Waals surface area contributed by atoms with Crippen LogP contribution in [0.25, 0.3) is 0 Å². The van der Waals surface area contributed by atoms with Gasteiger partial charge in [-0.3, -0.25) is 0 Å². The Balaban J connectivity index is 1.78. The molecule has 0 amide bonds. The van der Waals surface area contributed by atoms with Gasteiger partial charge in [0.25, 0.3) is 0 Å². The summed E-state index contributed by atoms with van der Waals surface area (Å²) in [6.07, 6.45) is 4.76. The Hall–Kier alpha value is -1.09. The van der Waals surface area contributed by atoms with E-state index in [1.807, 2.05) is 6.07 Å². The number of hydrogen-bond donors (Lipinski definition) is 1. The quantitative estimate of drug-likeness (QED) is 0.851. The molecule has 2 aliphatic rings. The van der Waals surface area contributed by atoms with E-state index in [1.54, 1.807) is 6.07 Å². The molecule has 0 saturated carbocycles. The van der Waals surface area contributed by atoms with Gasteiger partial charge in [-0.2, -0.15) is 0 Å². The van der Waals surface area contributed by atoms with Crippen molar-refractivity contribution in [2.45, 2.75) is 37.6 Å². The van der Waals surface area contributed by atoms with Crippen molar-refractivity contribution in [3.63, 3.8) is 0 Å². The molecule has 1 aromatic rings. The van der Waals surface area contributed by atoms with Crippen molar-refractivity contribution in [1.29, 1.82) is 0 Å². The zero-order valence-corrected chi connectivity index (χ0v) is 9.92. The van der Waals surface area contributed by atoms with Gasteiger partial charge < -0.3 is 10.1 Å². The second kappa shape index (κ2) is 4.65. The molecule has 2 heterocycles. The highest BCUT2D eigenvalue weighted by molar-refractivity contribution is 5.38. The molecule has 2 aliphatic heterocycles. The first kappa shape index (κ1) is 11.0. The number of hydrogen-bond acceptors (Lipinski definition) is 2. The van der Waals surface area contributed by atoms with E-state index in [2.05, 4.69) is 5.32 Å². The third-order valence-electron chi connectivity index (χ3n) is 3.87. The predicted molar refractivity (Wildman–Crippen MR) is 64.9 cm³/mol. The molecule has 1 aromatic carbocycles. The molecule has 92 valence electrons. The smallest absolute Gasteiger partial charge is 0.126 e. The topological polar surface area (TPSA) is 21.3 Å². The van der Waals surface area contributed by atoms with Gasteiger partial charge >= 0.3 is 0 Å². The van der Waals surface area contributed by atoms with E-state index < -0.39 is 0 Å². The molecular formula is C14H18FNO. The van der Waals surface area contributed by atoms with Crippen LogP contribution in [0, 0.1) is 5.82 Å². The zero-order valence-electron chi connectivity index (χ0n) is 9.92. The van der Waals surface area contributed by atoms with Gasteiger partial charge in [-0.25, -0.2) is 4.39 Å². The average molecular weight is 235 g/mol. The van der Waals surface area contributed by atoms with Crippen LogP contribution in [-0.2, 0) is 0 Å². The maximum atomic E-state index is 13.1. The number of fused-ring (bicyclic) bond motifs is 1. The number of benzene rings is 1. The van der Waals surface area contributed by atoms with Gasteiger partial charge in [0.15, 0.2) is 0 Å². The fourth-order valence-electron chi connectivity index (χ4n) is 2.98. The molecule has 3 rings (SSSR count). The molecular weight excluding hydrogens is 217 g/mol. The maximum absolute atomic E-state index is 13.1. The molecule has 2 unspecified atom stereocenters. The van der Waals surface area contributed by atoms with E-state index >= 15 is 0 Å². The lowest BCUT2D eigenvalue weighted by Gasteiger charge is -2.28. The summed E-state index contributed by atoms with van der Waals surface area (Å²) in [5.74, 6) is 1.07. The maximum Gasteiger partial charge on any atom is 0.126 e. The van der Waals surface area contributed by atoms with Crippen LogP contribution in [0.2, 0.25) is 0 Å². The minimum absolute atomic E-state index is 0.205. The Morgan fingerprint density at radius 1 is 1.35 bits per heavy atom. The van der Waals surface area contributed by atoms with Crippen LogP contribution >= 0.6 is 0 Å². The highest BCUT2D eigenvalue weighted by Gasteiger charge is 2.26. The van der Waals surface area contributed by atoms with Crippen LogP contribution in [-0.4, -0.2) is 19.2 Å². The third-order valence-corrected chi connectivity index (χ3v) is 3.87. The Labute approximate surface area is 101 Å².